The van der Waals surface area contributed by atoms with E-state index in [0.29, 0.717) is 19.5 Å². The van der Waals surface area contributed by atoms with Gasteiger partial charge in [-0.25, -0.2) is 9.37 Å². The molecule has 34 heavy (non-hydrogen) atoms. The fraction of sp³-hybridized carbons (Fsp3) is 0.304. The van der Waals surface area contributed by atoms with Gasteiger partial charge < -0.3 is 10.2 Å². The standard InChI is InChI=1S/C23H20FN5O5/c24-15-5-2-9-25-19(15)28-10-8-12(11-28)26-20(31)13-3-1-4-14-18(13)23(34)29(22(14)33)16-6-7-17(30)27-21(16)32/h1-5,9,12,16H,6-8,10-11H2,(H,26,31)(H,27,30,32). The largest absolute Gasteiger partial charge is 0.352 e. The van der Waals surface area contributed by atoms with Crippen LogP contribution in [0.2, 0.25) is 0 Å². The molecular formula is C23H20FN5O5. The SMILES string of the molecule is O=C1CCC(N2C(=O)c3cccc(C(=O)NC4CCN(c5ncccc5F)C4)c3C2=O)C(=O)N1. The number of hydrogen-bond donors (Lipinski definition) is 2. The molecule has 3 aliphatic rings. The predicted octanol–water partition coefficient (Wildman–Crippen LogP) is 0.631. The Morgan fingerprint density at radius 1 is 1.09 bits per heavy atom. The van der Waals surface area contributed by atoms with Crippen molar-refractivity contribution in [2.75, 3.05) is 18.0 Å². The molecule has 0 saturated carbocycles. The number of halogens is 1. The first-order valence-electron chi connectivity index (χ1n) is 10.9. The van der Waals surface area contributed by atoms with Crippen LogP contribution in [0.5, 0.6) is 0 Å². The molecule has 2 N–H and O–H groups in total. The molecule has 2 aromatic rings. The lowest BCUT2D eigenvalue weighted by atomic mass is 10.0. The summed E-state index contributed by atoms with van der Waals surface area (Å²) < 4.78 is 14.1. The highest BCUT2D eigenvalue weighted by Gasteiger charge is 2.46. The number of carbonyl (C=O) groups is 5. The number of carbonyl (C=O) groups excluding carboxylic acids is 5. The first-order valence-corrected chi connectivity index (χ1v) is 10.9. The van der Waals surface area contributed by atoms with Gasteiger partial charge in [-0.15, -0.1) is 0 Å². The van der Waals surface area contributed by atoms with E-state index in [0.717, 1.165) is 4.90 Å². The molecule has 0 aliphatic carbocycles. The Hall–Kier alpha value is -4.15. The Morgan fingerprint density at radius 2 is 1.91 bits per heavy atom. The molecule has 3 aliphatic heterocycles. The topological polar surface area (TPSA) is 129 Å². The molecule has 11 heteroatoms. The number of aromatic nitrogens is 1. The lowest BCUT2D eigenvalue weighted by Crippen LogP contribution is -2.54. The Morgan fingerprint density at radius 3 is 2.68 bits per heavy atom. The van der Waals surface area contributed by atoms with Crippen LogP contribution in [0.1, 0.15) is 50.3 Å². The summed E-state index contributed by atoms with van der Waals surface area (Å²) in [7, 11) is 0. The number of pyridine rings is 1. The first kappa shape index (κ1) is 21.7. The minimum atomic E-state index is -1.11. The second-order valence-corrected chi connectivity index (χ2v) is 8.39. The number of piperidine rings is 1. The van der Waals surface area contributed by atoms with Gasteiger partial charge >= 0.3 is 0 Å². The van der Waals surface area contributed by atoms with Crippen molar-refractivity contribution in [3.05, 3.63) is 59.0 Å². The maximum atomic E-state index is 14.1. The molecule has 5 rings (SSSR count). The van der Waals surface area contributed by atoms with E-state index < -0.39 is 41.4 Å². The first-order chi connectivity index (χ1) is 16.3. The van der Waals surface area contributed by atoms with E-state index in [2.05, 4.69) is 15.6 Å². The minimum absolute atomic E-state index is 0.00615. The average molecular weight is 465 g/mol. The van der Waals surface area contributed by atoms with Gasteiger partial charge in [0.05, 0.1) is 16.7 Å². The third kappa shape index (κ3) is 3.58. The molecule has 2 unspecified atom stereocenters. The highest BCUT2D eigenvalue weighted by atomic mass is 19.1. The molecule has 4 heterocycles. The summed E-state index contributed by atoms with van der Waals surface area (Å²) in [4.78, 5) is 69.5. The van der Waals surface area contributed by atoms with Crippen molar-refractivity contribution in [2.45, 2.75) is 31.3 Å². The van der Waals surface area contributed by atoms with Crippen molar-refractivity contribution < 1.29 is 28.4 Å². The zero-order chi connectivity index (χ0) is 24.0. The second-order valence-electron chi connectivity index (χ2n) is 8.39. The zero-order valence-electron chi connectivity index (χ0n) is 17.9. The molecule has 174 valence electrons. The predicted molar refractivity (Wildman–Crippen MR) is 115 cm³/mol. The quantitative estimate of drug-likeness (QED) is 0.634. The van der Waals surface area contributed by atoms with Crippen molar-refractivity contribution in [1.82, 2.24) is 20.5 Å². The van der Waals surface area contributed by atoms with Gasteiger partial charge in [-0.2, -0.15) is 0 Å². The van der Waals surface area contributed by atoms with Crippen molar-refractivity contribution in [1.29, 1.82) is 0 Å². The van der Waals surface area contributed by atoms with E-state index in [1.54, 1.807) is 4.90 Å². The van der Waals surface area contributed by atoms with Crippen LogP contribution in [0.4, 0.5) is 10.2 Å². The number of nitrogens with one attached hydrogen (secondary N) is 2. The fourth-order valence-electron chi connectivity index (χ4n) is 4.65. The molecular weight excluding hydrogens is 445 g/mol. The summed E-state index contributed by atoms with van der Waals surface area (Å²) >= 11 is 0. The summed E-state index contributed by atoms with van der Waals surface area (Å²) in [6.45, 7) is 0.830. The molecule has 0 bridgehead atoms. The molecule has 2 fully saturated rings. The molecule has 5 amide bonds. The third-order valence-corrected chi connectivity index (χ3v) is 6.27. The molecule has 0 radical (unpaired) electrons. The lowest BCUT2D eigenvalue weighted by molar-refractivity contribution is -0.136. The Balaban J connectivity index is 1.34. The molecule has 10 nitrogen and oxygen atoms in total. The highest BCUT2D eigenvalue weighted by molar-refractivity contribution is 6.26. The van der Waals surface area contributed by atoms with E-state index in [4.69, 9.17) is 0 Å². The molecule has 2 atom stereocenters. The molecule has 0 spiro atoms. The van der Waals surface area contributed by atoms with Gasteiger partial charge in [0.15, 0.2) is 11.6 Å². The lowest BCUT2D eigenvalue weighted by Gasteiger charge is -2.27. The van der Waals surface area contributed by atoms with Crippen LogP contribution < -0.4 is 15.5 Å². The van der Waals surface area contributed by atoms with Crippen LogP contribution in [0.3, 0.4) is 0 Å². The van der Waals surface area contributed by atoms with E-state index in [-0.39, 0.29) is 41.4 Å². The van der Waals surface area contributed by atoms with Crippen molar-refractivity contribution in [3.63, 3.8) is 0 Å². The highest BCUT2D eigenvalue weighted by Crippen LogP contribution is 2.30. The van der Waals surface area contributed by atoms with Gasteiger partial charge in [-0.05, 0) is 37.1 Å². The van der Waals surface area contributed by atoms with Crippen molar-refractivity contribution in [2.24, 2.45) is 0 Å². The fourth-order valence-corrected chi connectivity index (χ4v) is 4.65. The number of rotatable bonds is 4. The van der Waals surface area contributed by atoms with Crippen LogP contribution in [0.15, 0.2) is 36.5 Å². The number of fused-ring (bicyclic) bond motifs is 1. The zero-order valence-corrected chi connectivity index (χ0v) is 17.9. The van der Waals surface area contributed by atoms with Crippen LogP contribution in [0, 0.1) is 5.82 Å². The molecule has 1 aromatic carbocycles. The number of anilines is 1. The second kappa shape index (κ2) is 8.32. The van der Waals surface area contributed by atoms with Crippen molar-refractivity contribution >= 4 is 35.4 Å². The third-order valence-electron chi connectivity index (χ3n) is 6.27. The summed E-state index contributed by atoms with van der Waals surface area (Å²) in [6.07, 6.45) is 2.08. The summed E-state index contributed by atoms with van der Waals surface area (Å²) in [5.41, 5.74) is -0.0145. The van der Waals surface area contributed by atoms with Gasteiger partial charge in [0.2, 0.25) is 11.8 Å². The number of nitrogens with zero attached hydrogens (tertiary/aromatic N) is 3. The Kier molecular flexibility index (Phi) is 5.31. The Bertz CT molecular complexity index is 1250. The molecule has 2 saturated heterocycles. The summed E-state index contributed by atoms with van der Waals surface area (Å²) in [6, 6.07) is 5.76. The normalized spacial score (nSPS) is 22.1. The number of benzene rings is 1. The van der Waals surface area contributed by atoms with E-state index >= 15 is 0 Å². The molecule has 1 aromatic heterocycles. The number of imide groups is 2. The van der Waals surface area contributed by atoms with Gasteiger partial charge in [0.25, 0.3) is 17.7 Å². The van der Waals surface area contributed by atoms with E-state index in [1.807, 2.05) is 0 Å². The van der Waals surface area contributed by atoms with Crippen molar-refractivity contribution in [3.8, 4) is 0 Å². The van der Waals surface area contributed by atoms with E-state index in [1.165, 1.54) is 36.5 Å². The number of hydrogen-bond acceptors (Lipinski definition) is 7. The van der Waals surface area contributed by atoms with E-state index in [9.17, 15) is 28.4 Å². The summed E-state index contributed by atoms with van der Waals surface area (Å²) in [5, 5.41) is 4.99. The van der Waals surface area contributed by atoms with Gasteiger partial charge in [-0.3, -0.25) is 34.2 Å². The average Bonchev–Trinajstić information content (AvgIpc) is 3.37. The minimum Gasteiger partial charge on any atom is -0.352 e. The maximum Gasteiger partial charge on any atom is 0.263 e. The number of amides is 5. The summed E-state index contributed by atoms with van der Waals surface area (Å²) in [5.74, 6) is -3.39. The van der Waals surface area contributed by atoms with Gasteiger partial charge in [0.1, 0.15) is 6.04 Å². The van der Waals surface area contributed by atoms with Crippen LogP contribution in [-0.2, 0) is 9.59 Å². The van der Waals surface area contributed by atoms with Crippen LogP contribution in [0.25, 0.3) is 0 Å². The smallest absolute Gasteiger partial charge is 0.263 e. The Labute approximate surface area is 193 Å². The van der Waals surface area contributed by atoms with Crippen LogP contribution >= 0.6 is 0 Å². The van der Waals surface area contributed by atoms with Gasteiger partial charge in [-0.1, -0.05) is 6.07 Å². The van der Waals surface area contributed by atoms with Crippen LogP contribution in [-0.4, -0.2) is 64.6 Å². The maximum absolute atomic E-state index is 14.1. The monoisotopic (exact) mass is 465 g/mol. The van der Waals surface area contributed by atoms with Gasteiger partial charge in [0, 0.05) is 31.7 Å².